The van der Waals surface area contributed by atoms with Crippen molar-refractivity contribution in [1.82, 2.24) is 19.9 Å². The highest BCUT2D eigenvalue weighted by atomic mass is 16.1. The van der Waals surface area contributed by atoms with Gasteiger partial charge in [-0.05, 0) is 30.7 Å². The molecule has 2 aromatic heterocycles. The van der Waals surface area contributed by atoms with Crippen LogP contribution in [0.15, 0.2) is 77.6 Å². The monoisotopic (exact) mass is 432 g/mol. The number of fused-ring (bicyclic) bond motifs is 3. The molecule has 3 heterocycles. The van der Waals surface area contributed by atoms with Crippen molar-refractivity contribution in [3.05, 3.63) is 106 Å². The van der Waals surface area contributed by atoms with Crippen molar-refractivity contribution in [3.8, 4) is 11.4 Å². The number of aromatic nitrogens is 3. The van der Waals surface area contributed by atoms with Crippen LogP contribution in [0.5, 0.6) is 0 Å². The SMILES string of the molecule is Cc1ccc2nc3ccccc3c(CN3CCc4nc(-c5ccccc5)[nH]c(=O)c4C3)c2c1. The average Bonchev–Trinajstić information content (AvgIpc) is 2.85. The first kappa shape index (κ1) is 19.8. The zero-order valence-electron chi connectivity index (χ0n) is 18.5. The van der Waals surface area contributed by atoms with Crippen molar-refractivity contribution in [3.63, 3.8) is 0 Å². The Morgan fingerprint density at radius 3 is 2.58 bits per heavy atom. The van der Waals surface area contributed by atoms with E-state index in [0.717, 1.165) is 47.4 Å². The Kier molecular flexibility index (Phi) is 4.77. The van der Waals surface area contributed by atoms with E-state index in [9.17, 15) is 4.79 Å². The second-order valence-electron chi connectivity index (χ2n) is 8.79. The predicted molar refractivity (Wildman–Crippen MR) is 132 cm³/mol. The summed E-state index contributed by atoms with van der Waals surface area (Å²) in [6.07, 6.45) is 0.763. The predicted octanol–water partition coefficient (Wildman–Crippen LogP) is 5.01. The fourth-order valence-electron chi connectivity index (χ4n) is 4.83. The number of aromatic amines is 1. The van der Waals surface area contributed by atoms with Crippen LogP contribution in [-0.2, 0) is 19.5 Å². The smallest absolute Gasteiger partial charge is 0.255 e. The lowest BCUT2D eigenvalue weighted by atomic mass is 9.99. The van der Waals surface area contributed by atoms with Gasteiger partial charge in [0.25, 0.3) is 5.56 Å². The van der Waals surface area contributed by atoms with Gasteiger partial charge in [0, 0.05) is 42.4 Å². The van der Waals surface area contributed by atoms with E-state index in [-0.39, 0.29) is 5.56 Å². The molecule has 0 bridgehead atoms. The minimum absolute atomic E-state index is 0.0381. The van der Waals surface area contributed by atoms with Crippen molar-refractivity contribution >= 4 is 21.8 Å². The minimum Gasteiger partial charge on any atom is -0.306 e. The van der Waals surface area contributed by atoms with Crippen LogP contribution >= 0.6 is 0 Å². The van der Waals surface area contributed by atoms with E-state index < -0.39 is 0 Å². The van der Waals surface area contributed by atoms with Crippen molar-refractivity contribution in [2.75, 3.05) is 6.54 Å². The van der Waals surface area contributed by atoms with Crippen LogP contribution in [-0.4, -0.2) is 26.4 Å². The zero-order chi connectivity index (χ0) is 22.4. The molecule has 0 saturated heterocycles. The van der Waals surface area contributed by atoms with E-state index in [1.165, 1.54) is 21.9 Å². The number of hydrogen-bond donors (Lipinski definition) is 1. The molecule has 5 aromatic rings. The Morgan fingerprint density at radius 2 is 1.70 bits per heavy atom. The van der Waals surface area contributed by atoms with Crippen molar-refractivity contribution in [2.45, 2.75) is 26.4 Å². The minimum atomic E-state index is -0.0381. The maximum absolute atomic E-state index is 13.0. The summed E-state index contributed by atoms with van der Waals surface area (Å²) in [6, 6.07) is 24.6. The average molecular weight is 433 g/mol. The molecule has 0 atom stereocenters. The first-order valence-electron chi connectivity index (χ1n) is 11.3. The van der Waals surface area contributed by atoms with Crippen molar-refractivity contribution in [1.29, 1.82) is 0 Å². The molecule has 3 aromatic carbocycles. The second-order valence-corrected chi connectivity index (χ2v) is 8.79. The third-order valence-electron chi connectivity index (χ3n) is 6.52. The van der Waals surface area contributed by atoms with Gasteiger partial charge in [-0.15, -0.1) is 0 Å². The lowest BCUT2D eigenvalue weighted by Gasteiger charge is -2.28. The molecule has 1 N–H and O–H groups in total. The topological polar surface area (TPSA) is 61.9 Å². The van der Waals surface area contributed by atoms with E-state index in [1.54, 1.807) is 0 Å². The molecule has 6 rings (SSSR count). The first-order chi connectivity index (χ1) is 16.2. The van der Waals surface area contributed by atoms with Crippen LogP contribution in [0.4, 0.5) is 0 Å². The normalized spacial score (nSPS) is 14.0. The summed E-state index contributed by atoms with van der Waals surface area (Å²) in [5.74, 6) is 0.648. The van der Waals surface area contributed by atoms with Gasteiger partial charge in [0.1, 0.15) is 5.82 Å². The Hall–Kier alpha value is -3.83. The zero-order valence-corrected chi connectivity index (χ0v) is 18.5. The summed E-state index contributed by atoms with van der Waals surface area (Å²) in [6.45, 7) is 4.34. The number of para-hydroxylation sites is 1. The number of nitrogens with zero attached hydrogens (tertiary/aromatic N) is 3. The molecule has 0 fully saturated rings. The maximum atomic E-state index is 13.0. The molecule has 0 radical (unpaired) electrons. The third kappa shape index (κ3) is 3.60. The Bertz CT molecular complexity index is 1560. The lowest BCUT2D eigenvalue weighted by molar-refractivity contribution is 0.243. The van der Waals surface area contributed by atoms with Crippen LogP contribution in [0.3, 0.4) is 0 Å². The van der Waals surface area contributed by atoms with E-state index in [1.807, 2.05) is 36.4 Å². The summed E-state index contributed by atoms with van der Waals surface area (Å²) >= 11 is 0. The Balaban J connectivity index is 1.38. The fraction of sp³-hybridized carbons (Fsp3) is 0.179. The molecule has 0 amide bonds. The third-order valence-corrected chi connectivity index (χ3v) is 6.52. The molecule has 33 heavy (non-hydrogen) atoms. The van der Waals surface area contributed by atoms with E-state index in [2.05, 4.69) is 53.2 Å². The second kappa shape index (κ2) is 7.94. The quantitative estimate of drug-likeness (QED) is 0.407. The standard InChI is InChI=1S/C28H24N4O/c1-18-11-12-25-21(15-18)22(20-9-5-6-10-24(20)29-25)16-32-14-13-26-23(17-32)28(33)31-27(30-26)19-7-3-2-4-8-19/h2-12,15H,13-14,16-17H2,1H3,(H,30,31,33). The van der Waals surface area contributed by atoms with Gasteiger partial charge in [0.05, 0.1) is 22.3 Å². The number of benzene rings is 3. The van der Waals surface area contributed by atoms with E-state index in [4.69, 9.17) is 9.97 Å². The number of aryl methyl sites for hydroxylation is 1. The van der Waals surface area contributed by atoms with Crippen molar-refractivity contribution in [2.24, 2.45) is 0 Å². The molecular weight excluding hydrogens is 408 g/mol. The highest BCUT2D eigenvalue weighted by Gasteiger charge is 2.23. The summed E-state index contributed by atoms with van der Waals surface area (Å²) in [5.41, 5.74) is 7.10. The Morgan fingerprint density at radius 1 is 0.909 bits per heavy atom. The molecule has 0 saturated carbocycles. The van der Waals surface area contributed by atoms with E-state index in [0.29, 0.717) is 12.4 Å². The molecule has 1 aliphatic heterocycles. The molecule has 162 valence electrons. The van der Waals surface area contributed by atoms with Gasteiger partial charge in [-0.3, -0.25) is 9.69 Å². The molecular formula is C28H24N4O. The van der Waals surface area contributed by atoms with Crippen LogP contribution in [0.25, 0.3) is 33.2 Å². The summed E-state index contributed by atoms with van der Waals surface area (Å²) < 4.78 is 0. The number of H-pyrrole nitrogens is 1. The fourth-order valence-corrected chi connectivity index (χ4v) is 4.83. The molecule has 0 aliphatic carbocycles. The highest BCUT2D eigenvalue weighted by Crippen LogP contribution is 2.29. The Labute approximate surface area is 191 Å². The first-order valence-corrected chi connectivity index (χ1v) is 11.3. The van der Waals surface area contributed by atoms with Crippen LogP contribution in [0, 0.1) is 6.92 Å². The van der Waals surface area contributed by atoms with E-state index >= 15 is 0 Å². The number of hydrogen-bond acceptors (Lipinski definition) is 4. The van der Waals surface area contributed by atoms with Gasteiger partial charge in [-0.1, -0.05) is 60.2 Å². The summed E-state index contributed by atoms with van der Waals surface area (Å²) in [7, 11) is 0. The molecule has 0 spiro atoms. The van der Waals surface area contributed by atoms with Gasteiger partial charge < -0.3 is 4.98 Å². The molecule has 0 unspecified atom stereocenters. The lowest BCUT2D eigenvalue weighted by Crippen LogP contribution is -2.35. The van der Waals surface area contributed by atoms with Crippen molar-refractivity contribution < 1.29 is 0 Å². The van der Waals surface area contributed by atoms with Gasteiger partial charge >= 0.3 is 0 Å². The number of nitrogens with one attached hydrogen (secondary N) is 1. The van der Waals surface area contributed by atoms with Gasteiger partial charge in [0.2, 0.25) is 0 Å². The van der Waals surface area contributed by atoms with Crippen LogP contribution in [0.1, 0.15) is 22.4 Å². The van der Waals surface area contributed by atoms with Gasteiger partial charge in [0.15, 0.2) is 0 Å². The summed E-state index contributed by atoms with van der Waals surface area (Å²) in [5, 5.41) is 2.36. The highest BCUT2D eigenvalue weighted by molar-refractivity contribution is 5.97. The number of pyridine rings is 1. The van der Waals surface area contributed by atoms with Gasteiger partial charge in [-0.25, -0.2) is 9.97 Å². The maximum Gasteiger partial charge on any atom is 0.255 e. The largest absolute Gasteiger partial charge is 0.306 e. The summed E-state index contributed by atoms with van der Waals surface area (Å²) in [4.78, 5) is 28.0. The molecule has 5 nitrogen and oxygen atoms in total. The van der Waals surface area contributed by atoms with Crippen LogP contribution < -0.4 is 5.56 Å². The van der Waals surface area contributed by atoms with Crippen LogP contribution in [0.2, 0.25) is 0 Å². The molecule has 1 aliphatic rings. The van der Waals surface area contributed by atoms with Gasteiger partial charge in [-0.2, -0.15) is 0 Å². The number of rotatable bonds is 3. The molecule has 5 heteroatoms.